The molecule has 226 valence electrons. The molecule has 0 spiro atoms. The van der Waals surface area contributed by atoms with E-state index < -0.39 is 16.1 Å². The number of amides is 2. The molecule has 42 heavy (non-hydrogen) atoms. The first kappa shape index (κ1) is 32.8. The fraction of sp³-hybridized carbons (Fsp3) is 0.394. The van der Waals surface area contributed by atoms with Crippen LogP contribution in [0.25, 0.3) is 0 Å². The third kappa shape index (κ3) is 9.14. The minimum Gasteiger partial charge on any atom is -0.352 e. The highest BCUT2D eigenvalue weighted by molar-refractivity contribution is 7.92. The van der Waals surface area contributed by atoms with E-state index >= 15 is 0 Å². The molecule has 1 N–H and O–H groups in total. The Kier molecular flexibility index (Phi) is 11.7. The van der Waals surface area contributed by atoms with Crippen LogP contribution in [-0.4, -0.2) is 50.0 Å². The maximum atomic E-state index is 13.9. The highest BCUT2D eigenvalue weighted by Crippen LogP contribution is 2.26. The second-order valence-corrected chi connectivity index (χ2v) is 12.7. The number of nitrogens with zero attached hydrogens (tertiary/aromatic N) is 2. The van der Waals surface area contributed by atoms with E-state index in [1.165, 1.54) is 16.4 Å². The summed E-state index contributed by atoms with van der Waals surface area (Å²) in [5, 5.41) is 3.03. The van der Waals surface area contributed by atoms with Gasteiger partial charge >= 0.3 is 0 Å². The molecule has 0 bridgehead atoms. The summed E-state index contributed by atoms with van der Waals surface area (Å²) in [6.07, 6.45) is 2.47. The fourth-order valence-electron chi connectivity index (χ4n) is 4.77. The van der Waals surface area contributed by atoms with Crippen molar-refractivity contribution >= 4 is 27.5 Å². The lowest BCUT2D eigenvalue weighted by atomic mass is 10.0. The van der Waals surface area contributed by atoms with Crippen molar-refractivity contribution in [2.75, 3.05) is 17.1 Å². The molecule has 3 aromatic rings. The lowest BCUT2D eigenvalue weighted by Crippen LogP contribution is -2.52. The van der Waals surface area contributed by atoms with E-state index in [1.807, 2.05) is 70.2 Å². The molecular weight excluding hydrogens is 553 g/mol. The second kappa shape index (κ2) is 15.0. The largest absolute Gasteiger partial charge is 0.352 e. The van der Waals surface area contributed by atoms with Crippen LogP contribution >= 0.6 is 0 Å². The molecule has 0 saturated heterocycles. The third-order valence-corrected chi connectivity index (χ3v) is 8.72. The number of aryl methyl sites for hydroxylation is 1. The quantitative estimate of drug-likeness (QED) is 0.265. The molecule has 3 rings (SSSR count). The van der Waals surface area contributed by atoms with Gasteiger partial charge in [0.1, 0.15) is 11.9 Å². The van der Waals surface area contributed by atoms with E-state index in [0.717, 1.165) is 29.4 Å². The van der Waals surface area contributed by atoms with Crippen LogP contribution in [0.2, 0.25) is 0 Å². The topological polar surface area (TPSA) is 86.8 Å². The Morgan fingerprint density at radius 2 is 1.60 bits per heavy atom. The lowest BCUT2D eigenvalue weighted by Gasteiger charge is -2.33. The van der Waals surface area contributed by atoms with Crippen molar-refractivity contribution in [3.05, 3.63) is 101 Å². The molecule has 3 aromatic carbocycles. The van der Waals surface area contributed by atoms with E-state index in [1.54, 1.807) is 23.1 Å². The van der Waals surface area contributed by atoms with E-state index in [9.17, 15) is 22.4 Å². The van der Waals surface area contributed by atoms with Gasteiger partial charge in [-0.2, -0.15) is 0 Å². The van der Waals surface area contributed by atoms with Crippen LogP contribution in [0.15, 0.2) is 72.8 Å². The molecule has 2 amide bonds. The van der Waals surface area contributed by atoms with Crippen molar-refractivity contribution in [1.29, 1.82) is 0 Å². The molecule has 0 heterocycles. The Morgan fingerprint density at radius 1 is 0.929 bits per heavy atom. The van der Waals surface area contributed by atoms with E-state index in [0.29, 0.717) is 17.7 Å². The van der Waals surface area contributed by atoms with Gasteiger partial charge in [-0.15, -0.1) is 0 Å². The number of nitrogens with one attached hydrogen (secondary N) is 1. The maximum absolute atomic E-state index is 13.9. The SMILES string of the molecule is CCC(C)NC(=O)C(Cc1ccccc1)N(Cc1ccc(F)cc1)C(=O)CCCN(c1cccc(C)c1C)S(C)(=O)=O. The van der Waals surface area contributed by atoms with Gasteiger partial charge < -0.3 is 10.2 Å². The molecule has 2 unspecified atom stereocenters. The molecule has 0 aliphatic rings. The van der Waals surface area contributed by atoms with Gasteiger partial charge in [-0.1, -0.05) is 61.5 Å². The smallest absolute Gasteiger partial charge is 0.243 e. The lowest BCUT2D eigenvalue weighted by molar-refractivity contribution is -0.141. The number of hydrogen-bond acceptors (Lipinski definition) is 4. The number of benzene rings is 3. The Balaban J connectivity index is 1.90. The van der Waals surface area contributed by atoms with Gasteiger partial charge in [0.15, 0.2) is 0 Å². The molecule has 0 fully saturated rings. The minimum absolute atomic E-state index is 0.0278. The summed E-state index contributed by atoms with van der Waals surface area (Å²) < 4.78 is 40.5. The van der Waals surface area contributed by atoms with Crippen LogP contribution in [0.3, 0.4) is 0 Å². The molecular formula is C33H42FN3O4S. The monoisotopic (exact) mass is 595 g/mol. The van der Waals surface area contributed by atoms with Gasteiger partial charge in [0.25, 0.3) is 0 Å². The first-order valence-corrected chi connectivity index (χ1v) is 16.2. The molecule has 9 heteroatoms. The highest BCUT2D eigenvalue weighted by Gasteiger charge is 2.31. The number of rotatable bonds is 14. The molecule has 2 atom stereocenters. The second-order valence-electron chi connectivity index (χ2n) is 10.8. The predicted molar refractivity (Wildman–Crippen MR) is 166 cm³/mol. The van der Waals surface area contributed by atoms with Gasteiger partial charge in [-0.05, 0) is 74.1 Å². The molecule has 0 aliphatic heterocycles. The average molecular weight is 596 g/mol. The normalized spacial score (nSPS) is 12.8. The summed E-state index contributed by atoms with van der Waals surface area (Å²) >= 11 is 0. The fourth-order valence-corrected chi connectivity index (χ4v) is 5.79. The molecule has 7 nitrogen and oxygen atoms in total. The zero-order valence-electron chi connectivity index (χ0n) is 25.1. The molecule has 0 radical (unpaired) electrons. The number of hydrogen-bond donors (Lipinski definition) is 1. The van der Waals surface area contributed by atoms with Crippen molar-refractivity contribution in [2.45, 2.75) is 72.0 Å². The van der Waals surface area contributed by atoms with Crippen molar-refractivity contribution < 1.29 is 22.4 Å². The first-order valence-electron chi connectivity index (χ1n) is 14.3. The van der Waals surface area contributed by atoms with Gasteiger partial charge in [0, 0.05) is 32.0 Å². The van der Waals surface area contributed by atoms with Gasteiger partial charge in [0.2, 0.25) is 21.8 Å². The number of halogens is 1. The average Bonchev–Trinajstić information content (AvgIpc) is 2.95. The van der Waals surface area contributed by atoms with Gasteiger partial charge in [-0.25, -0.2) is 12.8 Å². The Morgan fingerprint density at radius 3 is 2.21 bits per heavy atom. The van der Waals surface area contributed by atoms with E-state index in [2.05, 4.69) is 5.32 Å². The Bertz CT molecular complexity index is 1450. The van der Waals surface area contributed by atoms with Crippen molar-refractivity contribution in [2.24, 2.45) is 0 Å². The van der Waals surface area contributed by atoms with E-state index in [-0.39, 0.29) is 49.6 Å². The third-order valence-electron chi connectivity index (χ3n) is 7.54. The zero-order chi connectivity index (χ0) is 30.9. The molecule has 0 aromatic heterocycles. The van der Waals surface area contributed by atoms with Crippen molar-refractivity contribution in [1.82, 2.24) is 10.2 Å². The predicted octanol–water partition coefficient (Wildman–Crippen LogP) is 5.54. The van der Waals surface area contributed by atoms with Gasteiger partial charge in [0.05, 0.1) is 11.9 Å². The van der Waals surface area contributed by atoms with Crippen LogP contribution in [0, 0.1) is 19.7 Å². The summed E-state index contributed by atoms with van der Waals surface area (Å²) in [7, 11) is -3.61. The number of anilines is 1. The van der Waals surface area contributed by atoms with Crippen LogP contribution < -0.4 is 9.62 Å². The van der Waals surface area contributed by atoms with Crippen LogP contribution in [0.1, 0.15) is 55.4 Å². The number of sulfonamides is 1. The Hall–Kier alpha value is -3.72. The number of carbonyl (C=O) groups is 2. The summed E-state index contributed by atoms with van der Waals surface area (Å²) in [6, 6.07) is 20.0. The van der Waals surface area contributed by atoms with Crippen LogP contribution in [0.5, 0.6) is 0 Å². The van der Waals surface area contributed by atoms with Crippen molar-refractivity contribution in [3.8, 4) is 0 Å². The first-order chi connectivity index (χ1) is 19.9. The van der Waals surface area contributed by atoms with Crippen LogP contribution in [-0.2, 0) is 32.6 Å². The summed E-state index contributed by atoms with van der Waals surface area (Å²) in [6.45, 7) is 7.91. The van der Waals surface area contributed by atoms with E-state index in [4.69, 9.17) is 0 Å². The highest BCUT2D eigenvalue weighted by atomic mass is 32.2. The zero-order valence-corrected chi connectivity index (χ0v) is 26.0. The number of carbonyl (C=O) groups excluding carboxylic acids is 2. The minimum atomic E-state index is -3.61. The standard InChI is InChI=1S/C33H42FN3O4S/c1-6-25(3)35-33(39)31(22-27-13-8-7-9-14-27)36(23-28-17-19-29(34)20-18-28)32(38)16-11-21-37(42(5,40)41)30-15-10-12-24(2)26(30)4/h7-10,12-15,17-20,25,31H,6,11,16,21-23H2,1-5H3,(H,35,39). The maximum Gasteiger partial charge on any atom is 0.243 e. The Labute approximate surface area is 249 Å². The van der Waals surface area contributed by atoms with Crippen LogP contribution in [0.4, 0.5) is 10.1 Å². The summed E-state index contributed by atoms with van der Waals surface area (Å²) in [4.78, 5) is 29.1. The van der Waals surface area contributed by atoms with Crippen molar-refractivity contribution in [3.63, 3.8) is 0 Å². The summed E-state index contributed by atoms with van der Waals surface area (Å²) in [5.74, 6) is -0.940. The molecule has 0 aliphatic carbocycles. The summed E-state index contributed by atoms with van der Waals surface area (Å²) in [5.41, 5.74) is 4.00. The molecule has 0 saturated carbocycles. The van der Waals surface area contributed by atoms with Gasteiger partial charge in [-0.3, -0.25) is 13.9 Å².